The normalized spacial score (nSPS) is 8.53. The van der Waals surface area contributed by atoms with Gasteiger partial charge in [0.05, 0.1) is 0 Å². The van der Waals surface area contributed by atoms with Crippen molar-refractivity contribution >= 4 is 5.69 Å². The van der Waals surface area contributed by atoms with Crippen molar-refractivity contribution in [1.82, 2.24) is 0 Å². The second-order valence-electron chi connectivity index (χ2n) is 3.65. The van der Waals surface area contributed by atoms with Crippen LogP contribution in [-0.4, -0.2) is 5.48 Å². The second kappa shape index (κ2) is 9.43. The summed E-state index contributed by atoms with van der Waals surface area (Å²) in [5.74, 6) is 0. The topological polar surface area (TPSA) is 57.5 Å². The third-order valence-corrected chi connectivity index (χ3v) is 2.18. The van der Waals surface area contributed by atoms with Crippen LogP contribution in [0.1, 0.15) is 18.9 Å². The lowest BCUT2D eigenvalue weighted by atomic mass is 10.1. The Morgan fingerprint density at radius 3 is 1.65 bits per heavy atom. The molecular formula is C15H21NO. The Morgan fingerprint density at radius 2 is 1.29 bits per heavy atom. The first kappa shape index (κ1) is 15.2. The third kappa shape index (κ3) is 7.14. The molecule has 2 aromatic rings. The summed E-state index contributed by atoms with van der Waals surface area (Å²) in [5, 5.41) is 0. The molecule has 0 aliphatic carbocycles. The average molecular weight is 231 g/mol. The molecule has 0 aliphatic rings. The first-order valence-electron chi connectivity index (χ1n) is 5.67. The van der Waals surface area contributed by atoms with Crippen molar-refractivity contribution < 1.29 is 5.48 Å². The molecule has 0 amide bonds. The lowest BCUT2D eigenvalue weighted by Gasteiger charge is -1.93. The molecule has 0 spiro atoms. The van der Waals surface area contributed by atoms with Crippen LogP contribution in [0.4, 0.5) is 5.69 Å². The van der Waals surface area contributed by atoms with E-state index in [0.717, 1.165) is 5.69 Å². The van der Waals surface area contributed by atoms with Gasteiger partial charge in [-0.25, -0.2) is 0 Å². The van der Waals surface area contributed by atoms with Crippen molar-refractivity contribution in [1.29, 1.82) is 0 Å². The van der Waals surface area contributed by atoms with Gasteiger partial charge in [0.15, 0.2) is 0 Å². The molecule has 0 aliphatic heterocycles. The summed E-state index contributed by atoms with van der Waals surface area (Å²) in [5.41, 5.74) is 7.62. The number of hydrogen-bond acceptors (Lipinski definition) is 1. The van der Waals surface area contributed by atoms with Gasteiger partial charge in [0.2, 0.25) is 0 Å². The van der Waals surface area contributed by atoms with E-state index in [0.29, 0.717) is 0 Å². The van der Waals surface area contributed by atoms with Gasteiger partial charge in [-0.15, -0.1) is 0 Å². The molecule has 92 valence electrons. The minimum absolute atomic E-state index is 0. The number of aryl methyl sites for hydroxylation is 1. The van der Waals surface area contributed by atoms with Crippen LogP contribution in [0.5, 0.6) is 0 Å². The molecule has 17 heavy (non-hydrogen) atoms. The Hall–Kier alpha value is -1.80. The Balaban J connectivity index is 0.000000292. The van der Waals surface area contributed by atoms with Crippen molar-refractivity contribution in [3.63, 3.8) is 0 Å². The standard InChI is InChI=1S/C9H12.C6H7N.H2O/c1-2-6-9-7-4-3-5-8-9;7-6-4-2-1-3-5-6;/h3-5,7-8H,2,6H2,1H3;1-5H,7H2;1H2. The molecule has 0 bridgehead atoms. The maximum atomic E-state index is 5.36. The van der Waals surface area contributed by atoms with Gasteiger partial charge in [0.1, 0.15) is 0 Å². The number of rotatable bonds is 2. The number of nitrogens with two attached hydrogens (primary N) is 1. The molecule has 2 rings (SSSR count). The first-order valence-corrected chi connectivity index (χ1v) is 5.67. The maximum absolute atomic E-state index is 5.36. The quantitative estimate of drug-likeness (QED) is 0.793. The highest BCUT2D eigenvalue weighted by Crippen LogP contribution is 2.00. The molecule has 0 aromatic heterocycles. The van der Waals surface area contributed by atoms with Gasteiger partial charge in [-0.3, -0.25) is 0 Å². The SMILES string of the molecule is CCCc1ccccc1.Nc1ccccc1.O. The lowest BCUT2D eigenvalue weighted by molar-refractivity contribution is 0.824. The Kier molecular flexibility index (Phi) is 8.43. The largest absolute Gasteiger partial charge is 0.412 e. The van der Waals surface area contributed by atoms with E-state index in [1.54, 1.807) is 0 Å². The van der Waals surface area contributed by atoms with Gasteiger partial charge in [-0.2, -0.15) is 0 Å². The van der Waals surface area contributed by atoms with Crippen LogP contribution in [0, 0.1) is 0 Å². The van der Waals surface area contributed by atoms with Crippen LogP contribution >= 0.6 is 0 Å². The van der Waals surface area contributed by atoms with E-state index < -0.39 is 0 Å². The molecule has 0 fully saturated rings. The van der Waals surface area contributed by atoms with Crippen molar-refractivity contribution in [2.75, 3.05) is 5.73 Å². The molecule has 0 heterocycles. The zero-order valence-corrected chi connectivity index (χ0v) is 10.3. The monoisotopic (exact) mass is 231 g/mol. The van der Waals surface area contributed by atoms with Gasteiger partial charge in [0.25, 0.3) is 0 Å². The van der Waals surface area contributed by atoms with Crippen molar-refractivity contribution in [3.05, 3.63) is 66.2 Å². The highest BCUT2D eigenvalue weighted by molar-refractivity contribution is 5.35. The van der Waals surface area contributed by atoms with Crippen molar-refractivity contribution in [2.45, 2.75) is 19.8 Å². The summed E-state index contributed by atoms with van der Waals surface area (Å²) < 4.78 is 0. The number of nitrogen functional groups attached to an aromatic ring is 1. The minimum atomic E-state index is 0. The Bertz CT molecular complexity index is 373. The van der Waals surface area contributed by atoms with E-state index in [1.165, 1.54) is 18.4 Å². The highest BCUT2D eigenvalue weighted by atomic mass is 16.0. The molecule has 0 unspecified atom stereocenters. The summed E-state index contributed by atoms with van der Waals surface area (Å²) >= 11 is 0. The number of para-hydroxylation sites is 1. The maximum Gasteiger partial charge on any atom is 0.0313 e. The van der Waals surface area contributed by atoms with Crippen LogP contribution in [0.3, 0.4) is 0 Å². The van der Waals surface area contributed by atoms with E-state index >= 15 is 0 Å². The predicted molar refractivity (Wildman–Crippen MR) is 74.9 cm³/mol. The molecule has 2 heteroatoms. The van der Waals surface area contributed by atoms with Crippen LogP contribution in [0.2, 0.25) is 0 Å². The van der Waals surface area contributed by atoms with Gasteiger partial charge in [-0.1, -0.05) is 61.9 Å². The van der Waals surface area contributed by atoms with Gasteiger partial charge >= 0.3 is 0 Å². The zero-order chi connectivity index (χ0) is 11.6. The summed E-state index contributed by atoms with van der Waals surface area (Å²) in [6.07, 6.45) is 2.45. The van der Waals surface area contributed by atoms with Crippen molar-refractivity contribution in [2.24, 2.45) is 0 Å². The molecule has 0 saturated carbocycles. The number of benzene rings is 2. The molecule has 2 aromatic carbocycles. The molecular weight excluding hydrogens is 210 g/mol. The van der Waals surface area contributed by atoms with Crippen molar-refractivity contribution in [3.8, 4) is 0 Å². The minimum Gasteiger partial charge on any atom is -0.412 e. The van der Waals surface area contributed by atoms with Crippen LogP contribution < -0.4 is 5.73 Å². The van der Waals surface area contributed by atoms with E-state index in [9.17, 15) is 0 Å². The third-order valence-electron chi connectivity index (χ3n) is 2.18. The van der Waals surface area contributed by atoms with E-state index in [-0.39, 0.29) is 5.48 Å². The first-order chi connectivity index (χ1) is 7.83. The molecule has 0 radical (unpaired) electrons. The fourth-order valence-corrected chi connectivity index (χ4v) is 1.39. The molecule has 2 nitrogen and oxygen atoms in total. The fraction of sp³-hybridized carbons (Fsp3) is 0.200. The van der Waals surface area contributed by atoms with E-state index in [1.807, 2.05) is 30.3 Å². The predicted octanol–water partition coefficient (Wildman–Crippen LogP) is 3.08. The lowest BCUT2D eigenvalue weighted by Crippen LogP contribution is -1.79. The van der Waals surface area contributed by atoms with E-state index in [2.05, 4.69) is 37.3 Å². The molecule has 4 N–H and O–H groups in total. The Labute approximate surface area is 103 Å². The van der Waals surface area contributed by atoms with Gasteiger partial charge < -0.3 is 11.2 Å². The van der Waals surface area contributed by atoms with Crippen LogP contribution in [-0.2, 0) is 6.42 Å². The summed E-state index contributed by atoms with van der Waals surface area (Å²) in [7, 11) is 0. The second-order valence-corrected chi connectivity index (χ2v) is 3.65. The summed E-state index contributed by atoms with van der Waals surface area (Å²) in [6.45, 7) is 2.20. The highest BCUT2D eigenvalue weighted by Gasteiger charge is 1.84. The Morgan fingerprint density at radius 1 is 0.824 bits per heavy atom. The summed E-state index contributed by atoms with van der Waals surface area (Å²) in [4.78, 5) is 0. The van der Waals surface area contributed by atoms with Crippen LogP contribution in [0.25, 0.3) is 0 Å². The molecule has 0 atom stereocenters. The number of anilines is 1. The zero-order valence-electron chi connectivity index (χ0n) is 10.3. The van der Waals surface area contributed by atoms with Gasteiger partial charge in [0, 0.05) is 5.69 Å². The smallest absolute Gasteiger partial charge is 0.0313 e. The fourth-order valence-electron chi connectivity index (χ4n) is 1.39. The number of hydrogen-bond donors (Lipinski definition) is 1. The molecule has 0 saturated heterocycles. The average Bonchev–Trinajstić information content (AvgIpc) is 2.33. The van der Waals surface area contributed by atoms with E-state index in [4.69, 9.17) is 5.73 Å². The van der Waals surface area contributed by atoms with Gasteiger partial charge in [-0.05, 0) is 24.1 Å². The summed E-state index contributed by atoms with van der Waals surface area (Å²) in [6, 6.07) is 20.1. The van der Waals surface area contributed by atoms with Crippen LogP contribution in [0.15, 0.2) is 60.7 Å².